The highest BCUT2D eigenvalue weighted by Crippen LogP contribution is 2.31. The van der Waals surface area contributed by atoms with E-state index < -0.39 is 4.92 Å². The lowest BCUT2D eigenvalue weighted by Crippen LogP contribution is -2.19. The van der Waals surface area contributed by atoms with Gasteiger partial charge in [0.25, 0.3) is 11.6 Å². The first kappa shape index (κ1) is 18.7. The summed E-state index contributed by atoms with van der Waals surface area (Å²) < 4.78 is 5.81. The Bertz CT molecular complexity index is 1170. The van der Waals surface area contributed by atoms with E-state index in [-0.39, 0.29) is 11.6 Å². The quantitative estimate of drug-likeness (QED) is 0.372. The van der Waals surface area contributed by atoms with Crippen LogP contribution in [0, 0.1) is 17.0 Å². The Morgan fingerprint density at radius 3 is 2.66 bits per heavy atom. The fourth-order valence-electron chi connectivity index (χ4n) is 2.83. The first-order valence-electron chi connectivity index (χ1n) is 8.69. The van der Waals surface area contributed by atoms with Gasteiger partial charge in [0, 0.05) is 23.3 Å². The molecule has 3 aromatic rings. The van der Waals surface area contributed by atoms with Crippen LogP contribution in [0.3, 0.4) is 0 Å². The van der Waals surface area contributed by atoms with Crippen molar-refractivity contribution in [1.29, 1.82) is 0 Å². The van der Waals surface area contributed by atoms with Gasteiger partial charge in [-0.25, -0.2) is 4.99 Å². The van der Waals surface area contributed by atoms with Crippen LogP contribution in [0.2, 0.25) is 0 Å². The number of amidine groups is 1. The highest BCUT2D eigenvalue weighted by molar-refractivity contribution is 8.18. The van der Waals surface area contributed by atoms with Crippen LogP contribution in [0.5, 0.6) is 0 Å². The number of aliphatic imine (C=N–C) groups is 1. The number of amides is 1. The second-order valence-electron chi connectivity index (χ2n) is 6.28. The average Bonchev–Trinajstić information content (AvgIpc) is 3.29. The molecule has 0 atom stereocenters. The van der Waals surface area contributed by atoms with Crippen LogP contribution in [-0.4, -0.2) is 16.0 Å². The molecule has 1 saturated heterocycles. The zero-order chi connectivity index (χ0) is 20.4. The van der Waals surface area contributed by atoms with E-state index in [9.17, 15) is 14.9 Å². The number of thioether (sulfide) groups is 1. The molecule has 0 bridgehead atoms. The maximum absolute atomic E-state index is 12.2. The number of furan rings is 1. The number of para-hydroxylation sites is 1. The van der Waals surface area contributed by atoms with Crippen molar-refractivity contribution < 1.29 is 14.1 Å². The number of hydrogen-bond acceptors (Lipinski definition) is 6. The van der Waals surface area contributed by atoms with Crippen LogP contribution in [0.25, 0.3) is 17.4 Å². The molecule has 7 nitrogen and oxygen atoms in total. The molecule has 0 radical (unpaired) electrons. The van der Waals surface area contributed by atoms with Crippen LogP contribution in [0.15, 0.2) is 75.0 Å². The molecular formula is C21H15N3O4S. The minimum atomic E-state index is -0.415. The minimum absolute atomic E-state index is 0.0620. The Balaban J connectivity index is 1.55. The van der Waals surface area contributed by atoms with Crippen molar-refractivity contribution >= 4 is 40.3 Å². The van der Waals surface area contributed by atoms with Gasteiger partial charge >= 0.3 is 0 Å². The molecule has 0 saturated carbocycles. The molecule has 2 heterocycles. The molecule has 1 N–H and O–H groups in total. The highest BCUT2D eigenvalue weighted by Gasteiger charge is 2.24. The smallest absolute Gasteiger partial charge is 0.272 e. The average molecular weight is 405 g/mol. The summed E-state index contributed by atoms with van der Waals surface area (Å²) in [4.78, 5) is 27.6. The molecule has 144 valence electrons. The van der Waals surface area contributed by atoms with Crippen LogP contribution in [0.4, 0.5) is 11.4 Å². The molecule has 1 amide bonds. The standard InChI is InChI=1S/C21H15N3O4S/c1-13-11-14(7-9-17(13)24(26)27)18-10-8-16(28-18)12-19-20(25)23-21(29-19)22-15-5-3-2-4-6-15/h2-12H,1H3,(H,22,23,25). The molecule has 29 heavy (non-hydrogen) atoms. The third kappa shape index (κ3) is 4.12. The number of carbonyl (C=O) groups excluding carboxylic acids is 1. The van der Waals surface area contributed by atoms with Gasteiger partial charge in [-0.3, -0.25) is 14.9 Å². The van der Waals surface area contributed by atoms with Crippen molar-refractivity contribution in [1.82, 2.24) is 5.32 Å². The molecule has 0 aliphatic carbocycles. The third-order valence-corrected chi connectivity index (χ3v) is 5.13. The molecule has 8 heteroatoms. The summed E-state index contributed by atoms with van der Waals surface area (Å²) in [5.74, 6) is 0.833. The number of aryl methyl sites for hydroxylation is 1. The number of nitrogens with one attached hydrogen (secondary N) is 1. The summed E-state index contributed by atoms with van der Waals surface area (Å²) >= 11 is 1.24. The molecule has 1 fully saturated rings. The van der Waals surface area contributed by atoms with Gasteiger partial charge < -0.3 is 9.73 Å². The number of nitro groups is 1. The molecule has 1 aromatic heterocycles. The molecule has 2 aromatic carbocycles. The summed E-state index contributed by atoms with van der Waals surface area (Å²) in [5.41, 5.74) is 2.10. The summed E-state index contributed by atoms with van der Waals surface area (Å²) in [7, 11) is 0. The predicted molar refractivity (Wildman–Crippen MR) is 113 cm³/mol. The van der Waals surface area contributed by atoms with E-state index in [1.54, 1.807) is 37.3 Å². The van der Waals surface area contributed by atoms with Crippen molar-refractivity contribution in [2.75, 3.05) is 0 Å². The highest BCUT2D eigenvalue weighted by atomic mass is 32.2. The lowest BCUT2D eigenvalue weighted by molar-refractivity contribution is -0.385. The summed E-state index contributed by atoms with van der Waals surface area (Å²) in [5, 5.41) is 14.2. The van der Waals surface area contributed by atoms with E-state index in [0.29, 0.717) is 27.2 Å². The van der Waals surface area contributed by atoms with E-state index in [4.69, 9.17) is 4.42 Å². The zero-order valence-corrected chi connectivity index (χ0v) is 16.1. The number of benzene rings is 2. The lowest BCUT2D eigenvalue weighted by Gasteiger charge is -2.00. The Morgan fingerprint density at radius 2 is 1.93 bits per heavy atom. The van der Waals surface area contributed by atoms with Gasteiger partial charge in [0.05, 0.1) is 15.5 Å². The Labute approximate surface area is 170 Å². The maximum atomic E-state index is 12.2. The van der Waals surface area contributed by atoms with Gasteiger partial charge in [-0.15, -0.1) is 0 Å². The van der Waals surface area contributed by atoms with Gasteiger partial charge in [0.2, 0.25) is 0 Å². The first-order valence-corrected chi connectivity index (χ1v) is 9.51. The van der Waals surface area contributed by atoms with E-state index >= 15 is 0 Å². The Hall–Kier alpha value is -3.65. The van der Waals surface area contributed by atoms with Crippen molar-refractivity contribution in [2.45, 2.75) is 6.92 Å². The minimum Gasteiger partial charge on any atom is -0.457 e. The number of nitro benzene ring substituents is 1. The monoisotopic (exact) mass is 405 g/mol. The second kappa shape index (κ2) is 7.76. The molecule has 1 aliphatic rings. The molecule has 1 aliphatic heterocycles. The Kier molecular flexibility index (Phi) is 5.01. The van der Waals surface area contributed by atoms with Gasteiger partial charge in [0.15, 0.2) is 5.17 Å². The van der Waals surface area contributed by atoms with Crippen LogP contribution in [-0.2, 0) is 4.79 Å². The lowest BCUT2D eigenvalue weighted by atomic mass is 10.1. The molecule has 4 rings (SSSR count). The predicted octanol–water partition coefficient (Wildman–Crippen LogP) is 5.05. The third-order valence-electron chi connectivity index (χ3n) is 4.22. The first-order chi connectivity index (χ1) is 14.0. The largest absolute Gasteiger partial charge is 0.457 e. The number of hydrogen-bond donors (Lipinski definition) is 1. The molecule has 0 unspecified atom stereocenters. The maximum Gasteiger partial charge on any atom is 0.272 e. The van der Waals surface area contributed by atoms with Crippen molar-refractivity contribution in [3.8, 4) is 11.3 Å². The van der Waals surface area contributed by atoms with Gasteiger partial charge in [-0.1, -0.05) is 18.2 Å². The van der Waals surface area contributed by atoms with Gasteiger partial charge in [0.1, 0.15) is 11.5 Å². The van der Waals surface area contributed by atoms with E-state index in [1.165, 1.54) is 17.8 Å². The Morgan fingerprint density at radius 1 is 1.14 bits per heavy atom. The molecular weight excluding hydrogens is 390 g/mol. The van der Waals surface area contributed by atoms with Gasteiger partial charge in [-0.2, -0.15) is 0 Å². The zero-order valence-electron chi connectivity index (χ0n) is 15.3. The van der Waals surface area contributed by atoms with Crippen molar-refractivity contribution in [2.24, 2.45) is 4.99 Å². The van der Waals surface area contributed by atoms with Crippen molar-refractivity contribution in [3.63, 3.8) is 0 Å². The summed E-state index contributed by atoms with van der Waals surface area (Å²) in [6, 6.07) is 17.7. The molecule has 0 spiro atoms. The number of rotatable bonds is 4. The number of nitrogens with zero attached hydrogens (tertiary/aromatic N) is 2. The van der Waals surface area contributed by atoms with Crippen molar-refractivity contribution in [3.05, 3.63) is 87.0 Å². The van der Waals surface area contributed by atoms with Crippen LogP contribution >= 0.6 is 11.8 Å². The summed E-state index contributed by atoms with van der Waals surface area (Å²) in [6.07, 6.45) is 1.65. The van der Waals surface area contributed by atoms with Gasteiger partial charge in [-0.05, 0) is 55.1 Å². The SMILES string of the molecule is Cc1cc(-c2ccc(C=C3SC(=Nc4ccccc4)NC3=O)o2)ccc1[N+](=O)[O-]. The fraction of sp³-hybridized carbons (Fsp3) is 0.0476. The fourth-order valence-corrected chi connectivity index (χ4v) is 3.65. The topological polar surface area (TPSA) is 97.7 Å². The van der Waals surface area contributed by atoms with Crippen LogP contribution < -0.4 is 5.32 Å². The van der Waals surface area contributed by atoms with E-state index in [0.717, 1.165) is 11.3 Å². The number of carbonyl (C=O) groups is 1. The van der Waals surface area contributed by atoms with Crippen LogP contribution in [0.1, 0.15) is 11.3 Å². The van der Waals surface area contributed by atoms with E-state index in [2.05, 4.69) is 10.3 Å². The summed E-state index contributed by atoms with van der Waals surface area (Å²) in [6.45, 7) is 1.68. The van der Waals surface area contributed by atoms with E-state index in [1.807, 2.05) is 30.3 Å². The normalized spacial score (nSPS) is 16.4. The second-order valence-corrected chi connectivity index (χ2v) is 7.31.